The summed E-state index contributed by atoms with van der Waals surface area (Å²) in [6.45, 7) is 0. The molecule has 0 amide bonds. The SMILES string of the molecule is Nc1ccc(-c2cc(C3(O)CCC3)c(N)o2)nc1C1(O)CCC1. The lowest BCUT2D eigenvalue weighted by Gasteiger charge is -2.36. The number of anilines is 2. The van der Waals surface area contributed by atoms with Crippen molar-refractivity contribution in [2.45, 2.75) is 49.7 Å². The lowest BCUT2D eigenvalue weighted by atomic mass is 9.75. The molecule has 122 valence electrons. The maximum absolute atomic E-state index is 10.5. The van der Waals surface area contributed by atoms with Crippen molar-refractivity contribution in [1.29, 1.82) is 0 Å². The van der Waals surface area contributed by atoms with Gasteiger partial charge >= 0.3 is 0 Å². The molecule has 6 N–H and O–H groups in total. The van der Waals surface area contributed by atoms with E-state index >= 15 is 0 Å². The number of nitrogens with zero attached hydrogens (tertiary/aromatic N) is 1. The first-order chi connectivity index (χ1) is 10.9. The molecule has 2 fully saturated rings. The monoisotopic (exact) mass is 315 g/mol. The van der Waals surface area contributed by atoms with Crippen molar-refractivity contribution < 1.29 is 14.6 Å². The zero-order chi connectivity index (χ0) is 16.2. The molecule has 2 aliphatic carbocycles. The van der Waals surface area contributed by atoms with Crippen molar-refractivity contribution in [1.82, 2.24) is 4.98 Å². The Hall–Kier alpha value is -2.05. The molecule has 0 spiro atoms. The summed E-state index contributed by atoms with van der Waals surface area (Å²) in [5.41, 5.74) is 12.3. The van der Waals surface area contributed by atoms with E-state index in [1.54, 1.807) is 18.2 Å². The number of pyridine rings is 1. The minimum Gasteiger partial charge on any atom is -0.439 e. The quantitative estimate of drug-likeness (QED) is 0.690. The van der Waals surface area contributed by atoms with Gasteiger partial charge in [0.05, 0.1) is 17.0 Å². The molecular formula is C17H21N3O3. The number of nitrogen functional groups attached to an aromatic ring is 2. The highest BCUT2D eigenvalue weighted by molar-refractivity contribution is 5.62. The first kappa shape index (κ1) is 14.5. The summed E-state index contributed by atoms with van der Waals surface area (Å²) in [7, 11) is 0. The molecular weight excluding hydrogens is 294 g/mol. The number of furan rings is 1. The van der Waals surface area contributed by atoms with Crippen LogP contribution in [0.5, 0.6) is 0 Å². The van der Waals surface area contributed by atoms with Crippen LogP contribution in [0.2, 0.25) is 0 Å². The van der Waals surface area contributed by atoms with Gasteiger partial charge in [0.25, 0.3) is 0 Å². The van der Waals surface area contributed by atoms with Crippen LogP contribution in [0.15, 0.2) is 22.6 Å². The summed E-state index contributed by atoms with van der Waals surface area (Å²) in [4.78, 5) is 4.51. The first-order valence-corrected chi connectivity index (χ1v) is 8.03. The van der Waals surface area contributed by atoms with Crippen LogP contribution in [-0.4, -0.2) is 15.2 Å². The zero-order valence-electron chi connectivity index (χ0n) is 12.9. The Bertz CT molecular complexity index is 760. The van der Waals surface area contributed by atoms with E-state index in [0.29, 0.717) is 54.1 Å². The second-order valence-corrected chi connectivity index (χ2v) is 6.79. The van der Waals surface area contributed by atoms with E-state index in [4.69, 9.17) is 15.9 Å². The normalized spacial score (nSPS) is 21.5. The summed E-state index contributed by atoms with van der Waals surface area (Å²) >= 11 is 0. The van der Waals surface area contributed by atoms with Crippen molar-refractivity contribution in [3.63, 3.8) is 0 Å². The Kier molecular flexibility index (Phi) is 2.98. The number of aliphatic hydroxyl groups is 2. The predicted octanol–water partition coefficient (Wildman–Crippen LogP) is 2.25. The molecule has 2 saturated carbocycles. The van der Waals surface area contributed by atoms with E-state index in [2.05, 4.69) is 4.98 Å². The van der Waals surface area contributed by atoms with Crippen molar-refractivity contribution in [2.24, 2.45) is 0 Å². The smallest absolute Gasteiger partial charge is 0.197 e. The highest BCUT2D eigenvalue weighted by Crippen LogP contribution is 2.46. The number of hydrogen-bond acceptors (Lipinski definition) is 6. The summed E-state index contributed by atoms with van der Waals surface area (Å²) < 4.78 is 5.61. The van der Waals surface area contributed by atoms with Gasteiger partial charge in [-0.2, -0.15) is 0 Å². The zero-order valence-corrected chi connectivity index (χ0v) is 12.9. The molecule has 0 radical (unpaired) electrons. The van der Waals surface area contributed by atoms with Crippen LogP contribution < -0.4 is 11.5 Å². The van der Waals surface area contributed by atoms with Gasteiger partial charge in [0, 0.05) is 5.56 Å². The predicted molar refractivity (Wildman–Crippen MR) is 86.3 cm³/mol. The molecule has 0 unspecified atom stereocenters. The van der Waals surface area contributed by atoms with Crippen molar-refractivity contribution in [3.8, 4) is 11.5 Å². The van der Waals surface area contributed by atoms with Crippen molar-refractivity contribution in [2.75, 3.05) is 11.5 Å². The summed E-state index contributed by atoms with van der Waals surface area (Å²) in [6.07, 6.45) is 4.66. The van der Waals surface area contributed by atoms with Gasteiger partial charge in [0.1, 0.15) is 11.3 Å². The van der Waals surface area contributed by atoms with Crippen LogP contribution in [-0.2, 0) is 11.2 Å². The molecule has 4 rings (SSSR count). The second-order valence-electron chi connectivity index (χ2n) is 6.79. The number of nitrogens with two attached hydrogens (primary N) is 2. The molecule has 0 saturated heterocycles. The van der Waals surface area contributed by atoms with Crippen LogP contribution in [0.4, 0.5) is 11.6 Å². The fourth-order valence-electron chi connectivity index (χ4n) is 3.40. The fraction of sp³-hybridized carbons (Fsp3) is 0.471. The highest BCUT2D eigenvalue weighted by atomic mass is 16.4. The van der Waals surface area contributed by atoms with E-state index in [0.717, 1.165) is 12.8 Å². The van der Waals surface area contributed by atoms with E-state index in [9.17, 15) is 10.2 Å². The molecule has 2 aromatic rings. The fourth-order valence-corrected chi connectivity index (χ4v) is 3.40. The van der Waals surface area contributed by atoms with Crippen LogP contribution in [0, 0.1) is 0 Å². The number of hydrogen-bond donors (Lipinski definition) is 4. The third kappa shape index (κ3) is 2.13. The summed E-state index contributed by atoms with van der Waals surface area (Å²) in [6, 6.07) is 5.22. The molecule has 6 heteroatoms. The van der Waals surface area contributed by atoms with Gasteiger partial charge in [0.2, 0.25) is 0 Å². The molecule has 0 bridgehead atoms. The lowest BCUT2D eigenvalue weighted by Crippen LogP contribution is -2.35. The Labute approximate surface area is 134 Å². The van der Waals surface area contributed by atoms with Crippen molar-refractivity contribution in [3.05, 3.63) is 29.5 Å². The van der Waals surface area contributed by atoms with Gasteiger partial charge < -0.3 is 26.1 Å². The van der Waals surface area contributed by atoms with E-state index in [1.165, 1.54) is 0 Å². The van der Waals surface area contributed by atoms with Gasteiger partial charge in [-0.3, -0.25) is 0 Å². The number of aromatic nitrogens is 1. The van der Waals surface area contributed by atoms with Crippen LogP contribution in [0.1, 0.15) is 49.8 Å². The topological polar surface area (TPSA) is 119 Å². The largest absolute Gasteiger partial charge is 0.439 e. The molecule has 2 aromatic heterocycles. The van der Waals surface area contributed by atoms with Crippen LogP contribution in [0.25, 0.3) is 11.5 Å². The van der Waals surface area contributed by atoms with Crippen LogP contribution >= 0.6 is 0 Å². The maximum Gasteiger partial charge on any atom is 0.197 e. The van der Waals surface area contributed by atoms with Crippen molar-refractivity contribution >= 4 is 11.6 Å². The van der Waals surface area contributed by atoms with E-state index < -0.39 is 11.2 Å². The molecule has 0 atom stereocenters. The average molecular weight is 315 g/mol. The molecule has 2 aliphatic rings. The summed E-state index contributed by atoms with van der Waals surface area (Å²) in [5, 5.41) is 21.0. The van der Waals surface area contributed by atoms with Gasteiger partial charge in [-0.25, -0.2) is 4.98 Å². The minimum atomic E-state index is -0.937. The maximum atomic E-state index is 10.5. The minimum absolute atomic E-state index is 0.227. The number of rotatable bonds is 3. The average Bonchev–Trinajstić information content (AvgIpc) is 2.85. The Morgan fingerprint density at radius 1 is 1.00 bits per heavy atom. The van der Waals surface area contributed by atoms with E-state index in [-0.39, 0.29) is 5.88 Å². The first-order valence-electron chi connectivity index (χ1n) is 8.03. The van der Waals surface area contributed by atoms with Gasteiger partial charge in [-0.05, 0) is 56.7 Å². The Morgan fingerprint density at radius 3 is 2.22 bits per heavy atom. The molecule has 0 aromatic carbocycles. The van der Waals surface area contributed by atoms with Gasteiger partial charge in [-0.15, -0.1) is 0 Å². The van der Waals surface area contributed by atoms with E-state index in [1.807, 2.05) is 0 Å². The van der Waals surface area contributed by atoms with Gasteiger partial charge in [-0.1, -0.05) is 0 Å². The molecule has 6 nitrogen and oxygen atoms in total. The molecule has 2 heterocycles. The van der Waals surface area contributed by atoms with Gasteiger partial charge in [0.15, 0.2) is 11.6 Å². The Balaban J connectivity index is 1.74. The Morgan fingerprint density at radius 2 is 1.65 bits per heavy atom. The third-order valence-corrected chi connectivity index (χ3v) is 5.24. The second kappa shape index (κ2) is 4.72. The molecule has 23 heavy (non-hydrogen) atoms. The molecule has 0 aliphatic heterocycles. The lowest BCUT2D eigenvalue weighted by molar-refractivity contribution is -0.0418. The van der Waals surface area contributed by atoms with Crippen LogP contribution in [0.3, 0.4) is 0 Å². The standard InChI is InChI=1S/C17H21N3O3/c18-11-3-4-12(20-14(11)17(22)7-2-8-17)13-9-10(15(19)23-13)16(21)5-1-6-16/h3-4,9,21-22H,1-2,5-8,18-19H2. The third-order valence-electron chi connectivity index (χ3n) is 5.24. The highest BCUT2D eigenvalue weighted by Gasteiger charge is 2.41. The summed E-state index contributed by atoms with van der Waals surface area (Å²) in [5.74, 6) is 0.715.